The Balaban J connectivity index is 1.59. The number of carbonyl (C=O) groups excluding carboxylic acids is 3. The van der Waals surface area contributed by atoms with Gasteiger partial charge in [-0.2, -0.15) is 0 Å². The smallest absolute Gasteiger partial charge is 0.414 e. The van der Waals surface area contributed by atoms with Crippen molar-refractivity contribution in [2.75, 3.05) is 18.1 Å². The summed E-state index contributed by atoms with van der Waals surface area (Å²) in [6, 6.07) is 13.4. The number of aldehydes is 2. The van der Waals surface area contributed by atoms with Gasteiger partial charge in [0.1, 0.15) is 24.9 Å². The molecule has 2 aromatic carbocycles. The first-order valence-corrected chi connectivity index (χ1v) is 7.41. The van der Waals surface area contributed by atoms with E-state index in [0.717, 1.165) is 12.6 Å². The Hall–Kier alpha value is -3.15. The van der Waals surface area contributed by atoms with Crippen LogP contribution in [-0.4, -0.2) is 37.9 Å². The van der Waals surface area contributed by atoms with Gasteiger partial charge in [0.05, 0.1) is 6.54 Å². The van der Waals surface area contributed by atoms with E-state index in [0.29, 0.717) is 29.1 Å². The van der Waals surface area contributed by atoms with Gasteiger partial charge < -0.3 is 9.47 Å². The maximum atomic E-state index is 12.0. The third-order valence-corrected chi connectivity index (χ3v) is 3.67. The molecule has 122 valence electrons. The van der Waals surface area contributed by atoms with Gasteiger partial charge in [-0.15, -0.1) is 0 Å². The van der Waals surface area contributed by atoms with E-state index in [4.69, 9.17) is 9.47 Å². The van der Waals surface area contributed by atoms with Crippen molar-refractivity contribution in [2.45, 2.75) is 6.10 Å². The zero-order chi connectivity index (χ0) is 16.9. The molecule has 1 heterocycles. The second-order valence-corrected chi connectivity index (χ2v) is 5.32. The number of cyclic esters (lactones) is 1. The van der Waals surface area contributed by atoms with Crippen molar-refractivity contribution >= 4 is 24.4 Å². The van der Waals surface area contributed by atoms with Gasteiger partial charge in [-0.3, -0.25) is 14.5 Å². The molecule has 6 nitrogen and oxygen atoms in total. The summed E-state index contributed by atoms with van der Waals surface area (Å²) in [4.78, 5) is 34.8. The quantitative estimate of drug-likeness (QED) is 0.764. The number of carbonyl (C=O) groups is 3. The van der Waals surface area contributed by atoms with Crippen molar-refractivity contribution in [1.29, 1.82) is 0 Å². The number of hydrogen-bond donors (Lipinski definition) is 0. The summed E-state index contributed by atoms with van der Waals surface area (Å²) >= 11 is 0. The van der Waals surface area contributed by atoms with Crippen LogP contribution < -0.4 is 9.64 Å². The topological polar surface area (TPSA) is 72.9 Å². The predicted octanol–water partition coefficient (Wildman–Crippen LogP) is 2.72. The van der Waals surface area contributed by atoms with Crippen molar-refractivity contribution in [1.82, 2.24) is 0 Å². The normalized spacial score (nSPS) is 16.6. The van der Waals surface area contributed by atoms with Crippen LogP contribution in [0, 0.1) is 0 Å². The van der Waals surface area contributed by atoms with Crippen LogP contribution in [0.15, 0.2) is 48.5 Å². The number of anilines is 1. The molecule has 0 aliphatic carbocycles. The van der Waals surface area contributed by atoms with Crippen molar-refractivity contribution in [3.05, 3.63) is 59.7 Å². The Bertz CT molecular complexity index is 739. The second-order valence-electron chi connectivity index (χ2n) is 5.32. The van der Waals surface area contributed by atoms with Crippen LogP contribution >= 0.6 is 0 Å². The maximum Gasteiger partial charge on any atom is 0.414 e. The van der Waals surface area contributed by atoms with Crippen LogP contribution in [0.1, 0.15) is 20.7 Å². The standard InChI is InChI=1S/C18H15NO5/c20-10-13-1-5-15(6-2-13)19-9-17(24-18(19)22)12-23-16-7-3-14(11-21)4-8-16/h1-8,10-11,17H,9,12H2. The lowest BCUT2D eigenvalue weighted by Gasteiger charge is -2.13. The molecule has 0 bridgehead atoms. The van der Waals surface area contributed by atoms with Gasteiger partial charge in [-0.1, -0.05) is 0 Å². The highest BCUT2D eigenvalue weighted by Gasteiger charge is 2.32. The number of hydrogen-bond acceptors (Lipinski definition) is 5. The number of nitrogens with zero attached hydrogens (tertiary/aromatic N) is 1. The lowest BCUT2D eigenvalue weighted by molar-refractivity contribution is 0.105. The van der Waals surface area contributed by atoms with E-state index >= 15 is 0 Å². The summed E-state index contributed by atoms with van der Waals surface area (Å²) in [6.07, 6.45) is 0.669. The Morgan fingerprint density at radius 1 is 1.00 bits per heavy atom. The van der Waals surface area contributed by atoms with E-state index in [1.54, 1.807) is 48.5 Å². The summed E-state index contributed by atoms with van der Waals surface area (Å²) in [5.41, 5.74) is 1.79. The van der Waals surface area contributed by atoms with Crippen molar-refractivity contribution in [3.63, 3.8) is 0 Å². The monoisotopic (exact) mass is 325 g/mol. The maximum absolute atomic E-state index is 12.0. The van der Waals surface area contributed by atoms with Gasteiger partial charge in [0.25, 0.3) is 0 Å². The third-order valence-electron chi connectivity index (χ3n) is 3.67. The molecule has 3 rings (SSSR count). The average molecular weight is 325 g/mol. The lowest BCUT2D eigenvalue weighted by Crippen LogP contribution is -2.26. The average Bonchev–Trinajstić information content (AvgIpc) is 3.01. The highest BCUT2D eigenvalue weighted by Crippen LogP contribution is 2.22. The second kappa shape index (κ2) is 6.95. The van der Waals surface area contributed by atoms with Crippen LogP contribution in [0.5, 0.6) is 5.75 Å². The fourth-order valence-electron chi connectivity index (χ4n) is 2.38. The van der Waals surface area contributed by atoms with E-state index < -0.39 is 12.2 Å². The van der Waals surface area contributed by atoms with Gasteiger partial charge in [0.15, 0.2) is 6.10 Å². The Labute approximate surface area is 138 Å². The minimum atomic E-state index is -0.446. The van der Waals surface area contributed by atoms with Crippen LogP contribution in [-0.2, 0) is 4.74 Å². The molecule has 0 aromatic heterocycles. The molecule has 6 heteroatoms. The van der Waals surface area contributed by atoms with Gasteiger partial charge in [-0.25, -0.2) is 4.79 Å². The number of amides is 1. The van der Waals surface area contributed by atoms with Crippen LogP contribution in [0.2, 0.25) is 0 Å². The number of ether oxygens (including phenoxy) is 2. The van der Waals surface area contributed by atoms with Crippen molar-refractivity contribution < 1.29 is 23.9 Å². The van der Waals surface area contributed by atoms with Crippen LogP contribution in [0.4, 0.5) is 10.5 Å². The first kappa shape index (κ1) is 15.7. The highest BCUT2D eigenvalue weighted by molar-refractivity contribution is 5.90. The molecule has 2 aromatic rings. The van der Waals surface area contributed by atoms with E-state index in [1.807, 2.05) is 0 Å². The molecule has 1 saturated heterocycles. The molecule has 0 spiro atoms. The summed E-state index contributed by atoms with van der Waals surface area (Å²) in [7, 11) is 0. The first-order valence-electron chi connectivity index (χ1n) is 7.41. The minimum absolute atomic E-state index is 0.217. The SMILES string of the molecule is O=Cc1ccc(OCC2CN(c3ccc(C=O)cc3)C(=O)O2)cc1. The third kappa shape index (κ3) is 3.43. The molecular weight excluding hydrogens is 310 g/mol. The summed E-state index contributed by atoms with van der Waals surface area (Å²) in [5.74, 6) is 0.602. The minimum Gasteiger partial charge on any atom is -0.490 e. The van der Waals surface area contributed by atoms with Gasteiger partial charge in [0.2, 0.25) is 0 Å². The Kier molecular flexibility index (Phi) is 4.56. The summed E-state index contributed by atoms with van der Waals surface area (Å²) < 4.78 is 10.9. The predicted molar refractivity (Wildman–Crippen MR) is 86.8 cm³/mol. The van der Waals surface area contributed by atoms with Crippen molar-refractivity contribution in [2.24, 2.45) is 0 Å². The summed E-state index contributed by atoms with van der Waals surface area (Å²) in [5, 5.41) is 0. The van der Waals surface area contributed by atoms with Crippen molar-refractivity contribution in [3.8, 4) is 5.75 Å². The molecule has 0 N–H and O–H groups in total. The molecular formula is C18H15NO5. The molecule has 0 radical (unpaired) electrons. The molecule has 1 amide bonds. The van der Waals surface area contributed by atoms with Crippen LogP contribution in [0.3, 0.4) is 0 Å². The van der Waals surface area contributed by atoms with E-state index in [2.05, 4.69) is 0 Å². The van der Waals surface area contributed by atoms with Gasteiger partial charge in [0, 0.05) is 16.8 Å². The molecule has 1 fully saturated rings. The molecule has 1 aliphatic rings. The fraction of sp³-hybridized carbons (Fsp3) is 0.167. The lowest BCUT2D eigenvalue weighted by atomic mass is 10.2. The first-order chi connectivity index (χ1) is 11.7. The summed E-state index contributed by atoms with van der Waals surface area (Å²) in [6.45, 7) is 0.584. The zero-order valence-corrected chi connectivity index (χ0v) is 12.8. The molecule has 1 unspecified atom stereocenters. The van der Waals surface area contributed by atoms with Gasteiger partial charge >= 0.3 is 6.09 Å². The number of rotatable bonds is 6. The molecule has 1 aliphatic heterocycles. The number of benzene rings is 2. The van der Waals surface area contributed by atoms with E-state index in [1.165, 1.54) is 4.90 Å². The van der Waals surface area contributed by atoms with Gasteiger partial charge in [-0.05, 0) is 48.5 Å². The molecule has 24 heavy (non-hydrogen) atoms. The Morgan fingerprint density at radius 2 is 1.58 bits per heavy atom. The van der Waals surface area contributed by atoms with E-state index in [-0.39, 0.29) is 6.61 Å². The fourth-order valence-corrected chi connectivity index (χ4v) is 2.38. The molecule has 1 atom stereocenters. The highest BCUT2D eigenvalue weighted by atomic mass is 16.6. The zero-order valence-electron chi connectivity index (χ0n) is 12.8. The molecule has 0 saturated carbocycles. The van der Waals surface area contributed by atoms with E-state index in [9.17, 15) is 14.4 Å². The van der Waals surface area contributed by atoms with Crippen LogP contribution in [0.25, 0.3) is 0 Å². The largest absolute Gasteiger partial charge is 0.490 e. The Morgan fingerprint density at radius 3 is 2.17 bits per heavy atom.